The smallest absolute Gasteiger partial charge is 0.309 e. The number of benzene rings is 2. The second-order valence-corrected chi connectivity index (χ2v) is 9.06. The van der Waals surface area contributed by atoms with Crippen molar-refractivity contribution in [3.63, 3.8) is 0 Å². The van der Waals surface area contributed by atoms with Gasteiger partial charge in [0.2, 0.25) is 5.91 Å². The number of nitro groups is 1. The van der Waals surface area contributed by atoms with Crippen LogP contribution in [0.25, 0.3) is 0 Å². The van der Waals surface area contributed by atoms with E-state index in [1.165, 1.54) is 24.3 Å². The van der Waals surface area contributed by atoms with E-state index in [2.05, 4.69) is 5.32 Å². The van der Waals surface area contributed by atoms with Crippen molar-refractivity contribution in [1.29, 1.82) is 0 Å². The molecule has 1 saturated carbocycles. The summed E-state index contributed by atoms with van der Waals surface area (Å²) in [4.78, 5) is 48.3. The summed E-state index contributed by atoms with van der Waals surface area (Å²) in [6.07, 6.45) is 1.06. The monoisotopic (exact) mass is 512 g/mol. The quantitative estimate of drug-likeness (QED) is 0.244. The van der Waals surface area contributed by atoms with E-state index in [4.69, 9.17) is 14.2 Å². The number of rotatable bonds is 13. The van der Waals surface area contributed by atoms with Crippen LogP contribution in [0.4, 0.5) is 5.69 Å². The maximum Gasteiger partial charge on any atom is 0.309 e. The number of nitro benzene ring substituents is 1. The predicted molar refractivity (Wildman–Crippen MR) is 134 cm³/mol. The van der Waals surface area contributed by atoms with Crippen LogP contribution in [0.3, 0.4) is 0 Å². The third-order valence-corrected chi connectivity index (χ3v) is 6.37. The van der Waals surface area contributed by atoms with Gasteiger partial charge in [-0.15, -0.1) is 0 Å². The summed E-state index contributed by atoms with van der Waals surface area (Å²) < 4.78 is 16.1. The van der Waals surface area contributed by atoms with Gasteiger partial charge in [-0.25, -0.2) is 0 Å². The molecule has 1 aliphatic rings. The van der Waals surface area contributed by atoms with Crippen LogP contribution in [0.15, 0.2) is 48.5 Å². The molecule has 1 N–H and O–H groups in total. The lowest BCUT2D eigenvalue weighted by molar-refractivity contribution is -0.384. The Kier molecular flexibility index (Phi) is 9.59. The van der Waals surface area contributed by atoms with E-state index in [0.717, 1.165) is 5.56 Å². The molecule has 0 unspecified atom stereocenters. The summed E-state index contributed by atoms with van der Waals surface area (Å²) in [5, 5.41) is 13.5. The minimum absolute atomic E-state index is 0.0222. The molecule has 2 atom stereocenters. The van der Waals surface area contributed by atoms with Crippen molar-refractivity contribution >= 4 is 23.3 Å². The molecule has 10 heteroatoms. The van der Waals surface area contributed by atoms with E-state index < -0.39 is 22.9 Å². The fourth-order valence-electron chi connectivity index (χ4n) is 4.09. The minimum Gasteiger partial charge on any atom is -0.497 e. The topological polar surface area (TPSA) is 134 Å². The number of hydrogen-bond acceptors (Lipinski definition) is 8. The third kappa shape index (κ3) is 7.77. The molecular formula is C27H32N2O8. The van der Waals surface area contributed by atoms with E-state index in [1.807, 2.05) is 12.1 Å². The largest absolute Gasteiger partial charge is 0.497 e. The molecule has 1 fully saturated rings. The maximum atomic E-state index is 12.9. The van der Waals surface area contributed by atoms with Gasteiger partial charge in [-0.1, -0.05) is 12.1 Å². The van der Waals surface area contributed by atoms with Gasteiger partial charge < -0.3 is 19.5 Å². The van der Waals surface area contributed by atoms with Crippen LogP contribution in [0, 0.1) is 22.0 Å². The van der Waals surface area contributed by atoms with Crippen molar-refractivity contribution < 1.29 is 33.5 Å². The zero-order valence-electron chi connectivity index (χ0n) is 21.2. The molecule has 0 aromatic heterocycles. The average molecular weight is 513 g/mol. The SMILES string of the molecule is CCOC(=O)[C@@H](CC(=O)[C@@H](C)NC(=O)C1CC(Oc2ccc([N+](=O)[O-])cc2)C1)Cc1ccc(OC)cc1. The van der Waals surface area contributed by atoms with Gasteiger partial charge in [0.15, 0.2) is 5.78 Å². The fourth-order valence-corrected chi connectivity index (χ4v) is 4.09. The Bertz CT molecular complexity index is 1090. The molecule has 1 aliphatic carbocycles. The number of amides is 1. The molecule has 1 amide bonds. The molecule has 3 rings (SSSR count). The summed E-state index contributed by atoms with van der Waals surface area (Å²) in [7, 11) is 1.57. The Morgan fingerprint density at radius 1 is 1.05 bits per heavy atom. The lowest BCUT2D eigenvalue weighted by atomic mass is 9.81. The Balaban J connectivity index is 1.48. The van der Waals surface area contributed by atoms with E-state index >= 15 is 0 Å². The molecule has 2 aromatic rings. The number of esters is 1. The molecule has 0 spiro atoms. The highest BCUT2D eigenvalue weighted by molar-refractivity contribution is 5.92. The molecule has 198 valence electrons. The number of ketones is 1. The van der Waals surface area contributed by atoms with Crippen LogP contribution in [-0.2, 0) is 25.5 Å². The molecule has 0 saturated heterocycles. The van der Waals surface area contributed by atoms with Crippen molar-refractivity contribution in [2.75, 3.05) is 13.7 Å². The van der Waals surface area contributed by atoms with Gasteiger partial charge in [-0.2, -0.15) is 0 Å². The first-order valence-electron chi connectivity index (χ1n) is 12.2. The summed E-state index contributed by atoms with van der Waals surface area (Å²) in [6, 6.07) is 12.3. The van der Waals surface area contributed by atoms with Gasteiger partial charge in [0.25, 0.3) is 5.69 Å². The van der Waals surface area contributed by atoms with E-state index in [0.29, 0.717) is 30.8 Å². The molecule has 2 aromatic carbocycles. The number of carbonyl (C=O) groups excluding carboxylic acids is 3. The number of nitrogens with one attached hydrogen (secondary N) is 1. The van der Waals surface area contributed by atoms with E-state index in [-0.39, 0.29) is 42.4 Å². The molecule has 10 nitrogen and oxygen atoms in total. The predicted octanol–water partition coefficient (Wildman–Crippen LogP) is 3.65. The number of Topliss-reactive ketones (excluding diaryl/α,β-unsaturated/α-hetero) is 1. The first kappa shape index (κ1) is 27.6. The number of nitrogens with zero attached hydrogens (tertiary/aromatic N) is 1. The lowest BCUT2D eigenvalue weighted by Gasteiger charge is -2.34. The van der Waals surface area contributed by atoms with Crippen molar-refractivity contribution in [2.24, 2.45) is 11.8 Å². The highest BCUT2D eigenvalue weighted by atomic mass is 16.6. The molecular weight excluding hydrogens is 480 g/mol. The molecule has 0 bridgehead atoms. The molecule has 0 radical (unpaired) electrons. The van der Waals surface area contributed by atoms with Crippen LogP contribution >= 0.6 is 0 Å². The van der Waals surface area contributed by atoms with Crippen LogP contribution < -0.4 is 14.8 Å². The Morgan fingerprint density at radius 2 is 1.68 bits per heavy atom. The Morgan fingerprint density at radius 3 is 2.24 bits per heavy atom. The summed E-state index contributed by atoms with van der Waals surface area (Å²) in [6.45, 7) is 3.53. The molecule has 0 aliphatic heterocycles. The molecule has 0 heterocycles. The highest BCUT2D eigenvalue weighted by Crippen LogP contribution is 2.32. The first-order chi connectivity index (χ1) is 17.7. The van der Waals surface area contributed by atoms with Crippen LogP contribution in [-0.4, -0.2) is 48.4 Å². The zero-order chi connectivity index (χ0) is 26.9. The van der Waals surface area contributed by atoms with Crippen molar-refractivity contribution in [3.8, 4) is 11.5 Å². The van der Waals surface area contributed by atoms with Crippen LogP contribution in [0.2, 0.25) is 0 Å². The Labute approximate surface area is 215 Å². The standard InChI is InChI=1S/C27H32N2O8/c1-4-36-27(32)20(13-18-5-9-22(35-3)10-6-18)16-25(30)17(2)28-26(31)19-14-24(15-19)37-23-11-7-21(8-12-23)29(33)34/h5-12,17,19-20,24H,4,13-16H2,1-3H3,(H,28,31)/t17-,19?,20-,24?/m1/s1. The number of methoxy groups -OCH3 is 1. The second-order valence-electron chi connectivity index (χ2n) is 9.06. The van der Waals surface area contributed by atoms with Crippen LogP contribution in [0.5, 0.6) is 11.5 Å². The fraction of sp³-hybridized carbons (Fsp3) is 0.444. The third-order valence-electron chi connectivity index (χ3n) is 6.37. The van der Waals surface area contributed by atoms with Gasteiger partial charge in [0.1, 0.15) is 17.6 Å². The highest BCUT2D eigenvalue weighted by Gasteiger charge is 2.37. The summed E-state index contributed by atoms with van der Waals surface area (Å²) >= 11 is 0. The number of non-ortho nitro benzene ring substituents is 1. The van der Waals surface area contributed by atoms with Gasteiger partial charge in [-0.3, -0.25) is 24.5 Å². The lowest BCUT2D eigenvalue weighted by Crippen LogP contribution is -2.48. The van der Waals surface area contributed by atoms with Crippen molar-refractivity contribution in [2.45, 2.75) is 51.7 Å². The first-order valence-corrected chi connectivity index (χ1v) is 12.2. The number of ether oxygens (including phenoxy) is 3. The van der Waals surface area contributed by atoms with Gasteiger partial charge >= 0.3 is 5.97 Å². The van der Waals surface area contributed by atoms with Crippen molar-refractivity contribution in [3.05, 3.63) is 64.2 Å². The number of hydrogen-bond donors (Lipinski definition) is 1. The van der Waals surface area contributed by atoms with Gasteiger partial charge in [-0.05, 0) is 62.9 Å². The number of carbonyl (C=O) groups is 3. The summed E-state index contributed by atoms with van der Waals surface area (Å²) in [5.41, 5.74) is 0.850. The minimum atomic E-state index is -0.755. The summed E-state index contributed by atoms with van der Waals surface area (Å²) in [5.74, 6) is -0.706. The van der Waals surface area contributed by atoms with E-state index in [1.54, 1.807) is 33.1 Å². The van der Waals surface area contributed by atoms with Gasteiger partial charge in [0.05, 0.1) is 30.6 Å². The van der Waals surface area contributed by atoms with Crippen LogP contribution in [0.1, 0.15) is 38.7 Å². The Hall–Kier alpha value is -3.95. The van der Waals surface area contributed by atoms with Gasteiger partial charge in [0, 0.05) is 24.5 Å². The van der Waals surface area contributed by atoms with E-state index in [9.17, 15) is 24.5 Å². The maximum absolute atomic E-state index is 12.9. The van der Waals surface area contributed by atoms with Crippen molar-refractivity contribution in [1.82, 2.24) is 5.32 Å². The average Bonchev–Trinajstić information content (AvgIpc) is 2.86. The zero-order valence-corrected chi connectivity index (χ0v) is 21.2. The molecule has 37 heavy (non-hydrogen) atoms. The normalized spacial score (nSPS) is 18.0. The second kappa shape index (κ2) is 12.8.